The maximum atomic E-state index is 12.8. The molecule has 0 spiro atoms. The van der Waals surface area contributed by atoms with E-state index < -0.39 is 0 Å². The molecule has 0 fully saturated rings. The fraction of sp³-hybridized carbons (Fsp3) is 0.200. The Balaban J connectivity index is 1.90. The predicted octanol–water partition coefficient (Wildman–Crippen LogP) is 4.02. The molecule has 1 amide bonds. The Labute approximate surface area is 167 Å². The highest BCUT2D eigenvalue weighted by molar-refractivity contribution is 6.30. The SMILES string of the molecule is COc1cc(NC(=O)c2cc(-c3cccc(Cl)c3)nn2C)cc(OC)c1OC. The van der Waals surface area contributed by atoms with Gasteiger partial charge in [0.25, 0.3) is 5.91 Å². The number of carbonyl (C=O) groups is 1. The lowest BCUT2D eigenvalue weighted by Crippen LogP contribution is -2.16. The Morgan fingerprint density at radius 2 is 1.71 bits per heavy atom. The van der Waals surface area contributed by atoms with Crippen LogP contribution in [0.15, 0.2) is 42.5 Å². The molecular weight excluding hydrogens is 382 g/mol. The van der Waals surface area contributed by atoms with Crippen LogP contribution in [0.25, 0.3) is 11.3 Å². The van der Waals surface area contributed by atoms with E-state index in [1.54, 1.807) is 37.4 Å². The zero-order chi connectivity index (χ0) is 20.3. The van der Waals surface area contributed by atoms with Crippen molar-refractivity contribution in [2.45, 2.75) is 0 Å². The number of methoxy groups -OCH3 is 3. The Morgan fingerprint density at radius 1 is 1.04 bits per heavy atom. The minimum absolute atomic E-state index is 0.322. The van der Waals surface area contributed by atoms with E-state index in [1.807, 2.05) is 12.1 Å². The van der Waals surface area contributed by atoms with Crippen molar-refractivity contribution < 1.29 is 19.0 Å². The topological polar surface area (TPSA) is 74.6 Å². The number of anilines is 1. The van der Waals surface area contributed by atoms with E-state index in [1.165, 1.54) is 26.0 Å². The molecule has 0 radical (unpaired) electrons. The van der Waals surface area contributed by atoms with Gasteiger partial charge >= 0.3 is 0 Å². The monoisotopic (exact) mass is 401 g/mol. The third kappa shape index (κ3) is 3.89. The van der Waals surface area contributed by atoms with Gasteiger partial charge in [-0.3, -0.25) is 9.48 Å². The van der Waals surface area contributed by atoms with E-state index in [0.29, 0.717) is 39.3 Å². The first-order chi connectivity index (χ1) is 13.5. The van der Waals surface area contributed by atoms with Crippen LogP contribution < -0.4 is 19.5 Å². The second-order valence-electron chi connectivity index (χ2n) is 5.92. The Hall–Kier alpha value is -3.19. The molecule has 1 aromatic heterocycles. The van der Waals surface area contributed by atoms with Gasteiger partial charge in [-0.15, -0.1) is 0 Å². The molecule has 0 aliphatic carbocycles. The van der Waals surface area contributed by atoms with Crippen molar-refractivity contribution in [3.63, 3.8) is 0 Å². The third-order valence-corrected chi connectivity index (χ3v) is 4.39. The molecule has 7 nitrogen and oxygen atoms in total. The number of ether oxygens (including phenoxy) is 3. The van der Waals surface area contributed by atoms with Crippen molar-refractivity contribution in [2.75, 3.05) is 26.6 Å². The van der Waals surface area contributed by atoms with Gasteiger partial charge < -0.3 is 19.5 Å². The number of halogens is 1. The molecule has 3 aromatic rings. The van der Waals surface area contributed by atoms with Crippen LogP contribution in [0, 0.1) is 0 Å². The van der Waals surface area contributed by atoms with E-state index in [0.717, 1.165) is 5.56 Å². The van der Waals surface area contributed by atoms with Gasteiger partial charge in [0, 0.05) is 35.5 Å². The zero-order valence-electron chi connectivity index (χ0n) is 15.9. The van der Waals surface area contributed by atoms with Gasteiger partial charge in [-0.25, -0.2) is 0 Å². The van der Waals surface area contributed by atoms with Crippen LogP contribution in [0.4, 0.5) is 5.69 Å². The Bertz CT molecular complexity index is 991. The number of hydrogen-bond donors (Lipinski definition) is 1. The number of aryl methyl sites for hydroxylation is 1. The largest absolute Gasteiger partial charge is 0.493 e. The second kappa shape index (κ2) is 8.22. The summed E-state index contributed by atoms with van der Waals surface area (Å²) in [6, 6.07) is 12.3. The van der Waals surface area contributed by atoms with E-state index in [2.05, 4.69) is 10.4 Å². The zero-order valence-corrected chi connectivity index (χ0v) is 16.7. The van der Waals surface area contributed by atoms with Crippen molar-refractivity contribution in [1.82, 2.24) is 9.78 Å². The van der Waals surface area contributed by atoms with Crippen LogP contribution in [0.3, 0.4) is 0 Å². The number of aromatic nitrogens is 2. The normalized spacial score (nSPS) is 10.5. The molecule has 146 valence electrons. The molecule has 0 aliphatic heterocycles. The third-order valence-electron chi connectivity index (χ3n) is 4.16. The molecule has 28 heavy (non-hydrogen) atoms. The molecule has 1 N–H and O–H groups in total. The molecule has 8 heteroatoms. The van der Waals surface area contributed by atoms with Crippen LogP contribution in [-0.4, -0.2) is 37.0 Å². The standard InChI is InChI=1S/C20H20ClN3O4/c1-24-16(11-15(23-24)12-6-5-7-13(21)8-12)20(25)22-14-9-17(26-2)19(28-4)18(10-14)27-3/h5-11H,1-4H3,(H,22,25). The summed E-state index contributed by atoms with van der Waals surface area (Å²) in [5.74, 6) is 1.02. The van der Waals surface area contributed by atoms with Gasteiger partial charge in [0.1, 0.15) is 5.69 Å². The molecular formula is C20H20ClN3O4. The van der Waals surface area contributed by atoms with Gasteiger partial charge in [-0.1, -0.05) is 23.7 Å². The average Bonchev–Trinajstić information content (AvgIpc) is 3.09. The fourth-order valence-corrected chi connectivity index (χ4v) is 3.01. The van der Waals surface area contributed by atoms with Crippen LogP contribution in [-0.2, 0) is 7.05 Å². The summed E-state index contributed by atoms with van der Waals surface area (Å²) in [6.07, 6.45) is 0. The van der Waals surface area contributed by atoms with Gasteiger partial charge in [-0.2, -0.15) is 5.10 Å². The molecule has 0 saturated heterocycles. The number of hydrogen-bond acceptors (Lipinski definition) is 5. The van der Waals surface area contributed by atoms with Gasteiger partial charge in [0.15, 0.2) is 11.5 Å². The minimum Gasteiger partial charge on any atom is -0.493 e. The smallest absolute Gasteiger partial charge is 0.273 e. The minimum atomic E-state index is -0.322. The summed E-state index contributed by atoms with van der Waals surface area (Å²) >= 11 is 6.05. The molecule has 3 rings (SSSR count). The molecule has 0 aliphatic rings. The molecule has 0 bridgehead atoms. The highest BCUT2D eigenvalue weighted by atomic mass is 35.5. The average molecular weight is 402 g/mol. The number of amides is 1. The van der Waals surface area contributed by atoms with Gasteiger partial charge in [0.05, 0.1) is 27.0 Å². The Morgan fingerprint density at radius 3 is 2.29 bits per heavy atom. The summed E-state index contributed by atoms with van der Waals surface area (Å²) in [4.78, 5) is 12.8. The maximum absolute atomic E-state index is 12.8. The van der Waals surface area contributed by atoms with E-state index in [4.69, 9.17) is 25.8 Å². The first kappa shape index (κ1) is 19.6. The number of nitrogens with one attached hydrogen (secondary N) is 1. The first-order valence-electron chi connectivity index (χ1n) is 8.38. The van der Waals surface area contributed by atoms with E-state index in [-0.39, 0.29) is 5.91 Å². The summed E-state index contributed by atoms with van der Waals surface area (Å²) in [5.41, 5.74) is 2.38. The number of benzene rings is 2. The summed E-state index contributed by atoms with van der Waals surface area (Å²) in [5, 5.41) is 7.85. The summed E-state index contributed by atoms with van der Waals surface area (Å²) in [7, 11) is 6.26. The molecule has 0 saturated carbocycles. The van der Waals surface area contributed by atoms with Crippen molar-refractivity contribution in [2.24, 2.45) is 7.05 Å². The molecule has 1 heterocycles. The van der Waals surface area contributed by atoms with E-state index >= 15 is 0 Å². The highest BCUT2D eigenvalue weighted by Gasteiger charge is 2.18. The van der Waals surface area contributed by atoms with Crippen molar-refractivity contribution in [1.29, 1.82) is 0 Å². The quantitative estimate of drug-likeness (QED) is 0.675. The fourth-order valence-electron chi connectivity index (χ4n) is 2.82. The lowest BCUT2D eigenvalue weighted by molar-refractivity contribution is 0.101. The second-order valence-corrected chi connectivity index (χ2v) is 6.35. The Kier molecular flexibility index (Phi) is 5.75. The molecule has 0 unspecified atom stereocenters. The van der Waals surface area contributed by atoms with Crippen LogP contribution in [0.1, 0.15) is 10.5 Å². The maximum Gasteiger partial charge on any atom is 0.273 e. The van der Waals surface area contributed by atoms with E-state index in [9.17, 15) is 4.79 Å². The van der Waals surface area contributed by atoms with Crippen molar-refractivity contribution in [3.05, 3.63) is 53.2 Å². The first-order valence-corrected chi connectivity index (χ1v) is 8.76. The molecule has 2 aromatic carbocycles. The van der Waals surface area contributed by atoms with Crippen LogP contribution in [0.2, 0.25) is 5.02 Å². The van der Waals surface area contributed by atoms with Crippen LogP contribution in [0.5, 0.6) is 17.2 Å². The van der Waals surface area contributed by atoms with Crippen LogP contribution >= 0.6 is 11.6 Å². The summed E-state index contributed by atoms with van der Waals surface area (Å²) in [6.45, 7) is 0. The van der Waals surface area contributed by atoms with Gasteiger partial charge in [0.2, 0.25) is 5.75 Å². The molecule has 0 atom stereocenters. The number of rotatable bonds is 6. The number of nitrogens with zero attached hydrogens (tertiary/aromatic N) is 2. The van der Waals surface area contributed by atoms with Crippen molar-refractivity contribution >= 4 is 23.2 Å². The number of carbonyl (C=O) groups excluding carboxylic acids is 1. The highest BCUT2D eigenvalue weighted by Crippen LogP contribution is 2.40. The van der Waals surface area contributed by atoms with Crippen molar-refractivity contribution in [3.8, 4) is 28.5 Å². The lowest BCUT2D eigenvalue weighted by atomic mass is 10.1. The van der Waals surface area contributed by atoms with Gasteiger partial charge in [-0.05, 0) is 18.2 Å². The lowest BCUT2D eigenvalue weighted by Gasteiger charge is -2.14. The predicted molar refractivity (Wildman–Crippen MR) is 108 cm³/mol. The summed E-state index contributed by atoms with van der Waals surface area (Å²) < 4.78 is 17.4.